The van der Waals surface area contributed by atoms with Crippen molar-refractivity contribution in [2.75, 3.05) is 6.61 Å². The van der Waals surface area contributed by atoms with Crippen LogP contribution in [0.3, 0.4) is 0 Å². The average molecular weight is 406 g/mol. The Balaban J connectivity index is 1.90. The Morgan fingerprint density at radius 3 is 2.92 bits per heavy atom. The normalized spacial score (nSPS) is 12.2. The molecule has 124 valence electrons. The van der Waals surface area contributed by atoms with Crippen molar-refractivity contribution in [2.24, 2.45) is 5.73 Å². The van der Waals surface area contributed by atoms with Gasteiger partial charge >= 0.3 is 0 Å². The van der Waals surface area contributed by atoms with E-state index in [9.17, 15) is 4.79 Å². The molecule has 1 atom stereocenters. The molecule has 3 N–H and O–H groups in total. The predicted octanol–water partition coefficient (Wildman–Crippen LogP) is 4.04. The molecule has 2 aromatic carbocycles. The van der Waals surface area contributed by atoms with Crippen LogP contribution in [0, 0.1) is 0 Å². The number of hydrogen-bond donors (Lipinski definition) is 2. The zero-order valence-electron chi connectivity index (χ0n) is 13.0. The summed E-state index contributed by atoms with van der Waals surface area (Å²) in [4.78, 5) is 19.6. The highest BCUT2D eigenvalue weighted by molar-refractivity contribution is 9.10. The number of aromatic amines is 1. The number of hydrogen-bond acceptors (Lipinski definition) is 4. The van der Waals surface area contributed by atoms with E-state index >= 15 is 0 Å². The zero-order chi connectivity index (χ0) is 17.1. The van der Waals surface area contributed by atoms with Crippen molar-refractivity contribution in [1.29, 1.82) is 0 Å². The van der Waals surface area contributed by atoms with Crippen molar-refractivity contribution < 1.29 is 9.53 Å². The van der Waals surface area contributed by atoms with Crippen molar-refractivity contribution >= 4 is 44.6 Å². The number of rotatable bonds is 6. The highest BCUT2D eigenvalue weighted by Gasteiger charge is 2.21. The summed E-state index contributed by atoms with van der Waals surface area (Å²) in [6.45, 7) is 2.54. The number of imidazole rings is 1. The van der Waals surface area contributed by atoms with Crippen molar-refractivity contribution in [1.82, 2.24) is 9.97 Å². The number of thioether (sulfide) groups is 1. The first kappa shape index (κ1) is 16.9. The first-order chi connectivity index (χ1) is 11.6. The van der Waals surface area contributed by atoms with Gasteiger partial charge in [0.2, 0.25) is 5.91 Å². The van der Waals surface area contributed by atoms with Crippen LogP contribution in [0.1, 0.15) is 17.7 Å². The van der Waals surface area contributed by atoms with Crippen LogP contribution in [0.5, 0.6) is 5.75 Å². The quantitative estimate of drug-likeness (QED) is 0.606. The maximum absolute atomic E-state index is 11.9. The summed E-state index contributed by atoms with van der Waals surface area (Å²) in [5, 5.41) is 0.122. The van der Waals surface area contributed by atoms with Crippen molar-refractivity contribution in [3.63, 3.8) is 0 Å². The lowest BCUT2D eigenvalue weighted by Crippen LogP contribution is -2.19. The summed E-state index contributed by atoms with van der Waals surface area (Å²) in [5.74, 6) is 0.372. The summed E-state index contributed by atoms with van der Waals surface area (Å²) >= 11 is 4.72. The van der Waals surface area contributed by atoms with Crippen LogP contribution in [0.2, 0.25) is 0 Å². The van der Waals surface area contributed by atoms with Crippen LogP contribution in [-0.4, -0.2) is 22.5 Å². The standard InChI is InChI=1S/C17H16BrN3O2S/c1-2-23-12-6-7-13-14(9-12)21-17(20-13)24-15(16(19)22)10-4-3-5-11(18)8-10/h3-9,15H,2H2,1H3,(H2,19,22)(H,20,21). The van der Waals surface area contributed by atoms with Gasteiger partial charge in [-0.25, -0.2) is 4.98 Å². The van der Waals surface area contributed by atoms with Crippen LogP contribution in [0.4, 0.5) is 0 Å². The predicted molar refractivity (Wildman–Crippen MR) is 99.2 cm³/mol. The minimum absolute atomic E-state index is 0.409. The van der Waals surface area contributed by atoms with Gasteiger partial charge in [0.05, 0.1) is 17.6 Å². The lowest BCUT2D eigenvalue weighted by Gasteiger charge is -2.12. The van der Waals surface area contributed by atoms with Gasteiger partial charge in [0, 0.05) is 10.5 Å². The summed E-state index contributed by atoms with van der Waals surface area (Å²) < 4.78 is 6.39. The lowest BCUT2D eigenvalue weighted by atomic mass is 10.1. The van der Waals surface area contributed by atoms with Gasteiger partial charge in [0.1, 0.15) is 11.0 Å². The Labute approximate surface area is 152 Å². The van der Waals surface area contributed by atoms with Crippen molar-refractivity contribution in [2.45, 2.75) is 17.3 Å². The fourth-order valence-electron chi connectivity index (χ4n) is 2.35. The Kier molecular flexibility index (Phi) is 5.11. The van der Waals surface area contributed by atoms with Crippen LogP contribution < -0.4 is 10.5 Å². The van der Waals surface area contributed by atoms with Gasteiger partial charge < -0.3 is 15.5 Å². The molecule has 1 unspecified atom stereocenters. The molecule has 1 amide bonds. The summed E-state index contributed by atoms with van der Waals surface area (Å²) in [7, 11) is 0. The van der Waals surface area contributed by atoms with E-state index < -0.39 is 11.2 Å². The molecule has 0 radical (unpaired) electrons. The molecule has 1 aromatic heterocycles. The second kappa shape index (κ2) is 7.27. The topological polar surface area (TPSA) is 81.0 Å². The van der Waals surface area contributed by atoms with Gasteiger partial charge in [-0.05, 0) is 36.8 Å². The van der Waals surface area contributed by atoms with E-state index in [1.807, 2.05) is 49.4 Å². The second-order valence-corrected chi connectivity index (χ2v) is 7.12. The largest absolute Gasteiger partial charge is 0.494 e. The van der Waals surface area contributed by atoms with Crippen molar-refractivity contribution in [3.05, 3.63) is 52.5 Å². The molecule has 0 saturated carbocycles. The number of carbonyl (C=O) groups excluding carboxylic acids is 1. The first-order valence-corrected chi connectivity index (χ1v) is 9.08. The molecule has 1 heterocycles. The number of H-pyrrole nitrogens is 1. The van der Waals surface area contributed by atoms with Crippen LogP contribution >= 0.6 is 27.7 Å². The first-order valence-electron chi connectivity index (χ1n) is 7.41. The number of ether oxygens (including phenoxy) is 1. The Morgan fingerprint density at radius 2 is 2.21 bits per heavy atom. The third-order valence-corrected chi connectivity index (χ3v) is 5.03. The number of nitrogens with one attached hydrogen (secondary N) is 1. The molecule has 3 aromatic rings. The van der Waals surface area contributed by atoms with Crippen LogP contribution in [0.25, 0.3) is 11.0 Å². The Bertz CT molecular complexity index is 881. The maximum Gasteiger partial charge on any atom is 0.235 e. The Hall–Kier alpha value is -1.99. The molecule has 24 heavy (non-hydrogen) atoms. The highest BCUT2D eigenvalue weighted by atomic mass is 79.9. The number of amides is 1. The molecule has 3 rings (SSSR count). The second-order valence-electron chi connectivity index (χ2n) is 5.11. The molecule has 0 fully saturated rings. The number of fused-ring (bicyclic) bond motifs is 1. The SMILES string of the molecule is CCOc1ccc2nc(SC(C(N)=O)c3cccc(Br)c3)[nH]c2c1. The fourth-order valence-corrected chi connectivity index (χ4v) is 3.71. The number of nitrogens with zero attached hydrogens (tertiary/aromatic N) is 1. The number of nitrogens with two attached hydrogens (primary N) is 1. The Morgan fingerprint density at radius 1 is 1.38 bits per heavy atom. The maximum atomic E-state index is 11.9. The van der Waals surface area contributed by atoms with E-state index in [0.717, 1.165) is 26.8 Å². The third-order valence-electron chi connectivity index (χ3n) is 3.38. The van der Waals surface area contributed by atoms with E-state index in [1.54, 1.807) is 0 Å². The van der Waals surface area contributed by atoms with Gasteiger partial charge in [-0.15, -0.1) is 0 Å². The van der Waals surface area contributed by atoms with Gasteiger partial charge in [-0.3, -0.25) is 4.79 Å². The van der Waals surface area contributed by atoms with Gasteiger partial charge in [0.15, 0.2) is 5.16 Å². The van der Waals surface area contributed by atoms with E-state index in [1.165, 1.54) is 11.8 Å². The van der Waals surface area contributed by atoms with E-state index in [2.05, 4.69) is 25.9 Å². The molecule has 0 aliphatic carbocycles. The minimum atomic E-state index is -0.519. The molecule has 0 aliphatic rings. The summed E-state index contributed by atoms with van der Waals surface area (Å²) in [6, 6.07) is 13.2. The molecular weight excluding hydrogens is 390 g/mol. The number of primary amides is 1. The molecule has 0 aliphatic heterocycles. The summed E-state index contributed by atoms with van der Waals surface area (Å²) in [6.07, 6.45) is 0. The summed E-state index contributed by atoms with van der Waals surface area (Å²) in [5.41, 5.74) is 8.10. The number of aromatic nitrogens is 2. The van der Waals surface area contributed by atoms with Gasteiger partial charge in [0.25, 0.3) is 0 Å². The molecule has 0 saturated heterocycles. The average Bonchev–Trinajstić information content (AvgIpc) is 2.94. The zero-order valence-corrected chi connectivity index (χ0v) is 15.4. The lowest BCUT2D eigenvalue weighted by molar-refractivity contribution is -0.117. The molecule has 0 spiro atoms. The fraction of sp³-hybridized carbons (Fsp3) is 0.176. The molecule has 0 bridgehead atoms. The van der Waals surface area contributed by atoms with E-state index in [-0.39, 0.29) is 0 Å². The smallest absolute Gasteiger partial charge is 0.235 e. The highest BCUT2D eigenvalue weighted by Crippen LogP contribution is 2.35. The third kappa shape index (κ3) is 3.73. The van der Waals surface area contributed by atoms with E-state index in [0.29, 0.717) is 11.8 Å². The van der Waals surface area contributed by atoms with Gasteiger partial charge in [-0.2, -0.15) is 0 Å². The monoisotopic (exact) mass is 405 g/mol. The van der Waals surface area contributed by atoms with Crippen molar-refractivity contribution in [3.8, 4) is 5.75 Å². The number of benzene rings is 2. The van der Waals surface area contributed by atoms with Crippen LogP contribution in [0.15, 0.2) is 52.1 Å². The molecule has 5 nitrogen and oxygen atoms in total. The molecular formula is C17H16BrN3O2S. The van der Waals surface area contributed by atoms with Gasteiger partial charge in [-0.1, -0.05) is 39.8 Å². The van der Waals surface area contributed by atoms with E-state index in [4.69, 9.17) is 10.5 Å². The minimum Gasteiger partial charge on any atom is -0.494 e. The number of carbonyl (C=O) groups is 1. The molecule has 7 heteroatoms. The number of halogens is 1. The van der Waals surface area contributed by atoms with Crippen LogP contribution in [-0.2, 0) is 4.79 Å².